The van der Waals surface area contributed by atoms with Gasteiger partial charge in [0.15, 0.2) is 5.65 Å². The van der Waals surface area contributed by atoms with Gasteiger partial charge in [-0.3, -0.25) is 9.67 Å². The van der Waals surface area contributed by atoms with Crippen LogP contribution in [0.25, 0.3) is 39.1 Å². The van der Waals surface area contributed by atoms with Gasteiger partial charge in [0.25, 0.3) is 0 Å². The lowest BCUT2D eigenvalue weighted by Gasteiger charge is -2.11. The minimum absolute atomic E-state index is 0.0599. The Morgan fingerprint density at radius 2 is 1.80 bits per heavy atom. The second-order valence-electron chi connectivity index (χ2n) is 6.91. The van der Waals surface area contributed by atoms with Gasteiger partial charge in [-0.15, -0.1) is 0 Å². The molecule has 0 bridgehead atoms. The molecule has 0 saturated carbocycles. The van der Waals surface area contributed by atoms with E-state index in [-0.39, 0.29) is 11.5 Å². The number of nitrogens with one attached hydrogen (secondary N) is 1. The van der Waals surface area contributed by atoms with Crippen LogP contribution in [0.15, 0.2) is 54.7 Å². The van der Waals surface area contributed by atoms with Crippen LogP contribution in [-0.4, -0.2) is 24.7 Å². The summed E-state index contributed by atoms with van der Waals surface area (Å²) < 4.78 is 55.2. The van der Waals surface area contributed by atoms with E-state index in [9.17, 15) is 17.6 Å². The molecule has 0 radical (unpaired) electrons. The first kappa shape index (κ1) is 18.3. The molecule has 2 aromatic carbocycles. The van der Waals surface area contributed by atoms with E-state index in [1.54, 1.807) is 48.0 Å². The van der Waals surface area contributed by atoms with Crippen LogP contribution in [0.4, 0.5) is 17.6 Å². The van der Waals surface area contributed by atoms with E-state index in [1.807, 2.05) is 0 Å². The number of aromatic nitrogens is 5. The average molecular weight is 411 g/mol. The quantitative estimate of drug-likeness (QED) is 0.394. The van der Waals surface area contributed by atoms with E-state index in [0.29, 0.717) is 28.2 Å². The molecule has 0 amide bonds. The zero-order valence-corrected chi connectivity index (χ0v) is 15.5. The first-order valence-corrected chi connectivity index (χ1v) is 8.98. The first-order valence-electron chi connectivity index (χ1n) is 8.98. The first-order chi connectivity index (χ1) is 14.3. The standard InChI is InChI=1S/C21H13F4N5/c1-11-8-12(2-4-15(11)22)19-27-17-6-7-18(21(23,24)25)28-20(17)30(19)14-3-5-16-13(9-14)10-26-29-16/h2-10H,1H3,(H,26,29). The minimum atomic E-state index is -4.59. The third-order valence-electron chi connectivity index (χ3n) is 4.89. The monoisotopic (exact) mass is 411 g/mol. The Hall–Kier alpha value is -3.75. The Balaban J connectivity index is 1.84. The van der Waals surface area contributed by atoms with Crippen LogP contribution >= 0.6 is 0 Å². The number of alkyl halides is 3. The highest BCUT2D eigenvalue weighted by Crippen LogP contribution is 2.33. The second-order valence-corrected chi connectivity index (χ2v) is 6.91. The van der Waals surface area contributed by atoms with Gasteiger partial charge in [0.1, 0.15) is 22.9 Å². The molecule has 0 fully saturated rings. The van der Waals surface area contributed by atoms with Crippen molar-refractivity contribution in [3.8, 4) is 17.1 Å². The van der Waals surface area contributed by atoms with E-state index in [0.717, 1.165) is 17.0 Å². The SMILES string of the molecule is Cc1cc(-c2nc3ccc(C(F)(F)F)nc3n2-c2ccc3[nH]ncc3c2)ccc1F. The van der Waals surface area contributed by atoms with Crippen LogP contribution in [0.5, 0.6) is 0 Å². The maximum atomic E-state index is 13.8. The van der Waals surface area contributed by atoms with Crippen molar-refractivity contribution in [2.24, 2.45) is 0 Å². The number of hydrogen-bond donors (Lipinski definition) is 1. The molecular weight excluding hydrogens is 398 g/mol. The molecule has 0 unspecified atom stereocenters. The Kier molecular flexibility index (Phi) is 3.89. The summed E-state index contributed by atoms with van der Waals surface area (Å²) in [6.07, 6.45) is -2.97. The van der Waals surface area contributed by atoms with Crippen molar-refractivity contribution in [3.05, 3.63) is 71.8 Å². The highest BCUT2D eigenvalue weighted by atomic mass is 19.4. The fourth-order valence-corrected chi connectivity index (χ4v) is 3.41. The molecule has 5 aromatic rings. The molecule has 0 aliphatic rings. The fourth-order valence-electron chi connectivity index (χ4n) is 3.41. The van der Waals surface area contributed by atoms with Gasteiger partial charge in [0.05, 0.1) is 11.7 Å². The Bertz CT molecular complexity index is 1410. The molecule has 3 aromatic heterocycles. The average Bonchev–Trinajstić information content (AvgIpc) is 3.32. The maximum absolute atomic E-state index is 13.8. The van der Waals surface area contributed by atoms with Gasteiger partial charge in [-0.05, 0) is 61.0 Å². The molecule has 3 heterocycles. The molecule has 30 heavy (non-hydrogen) atoms. The molecular formula is C21H13F4N5. The largest absolute Gasteiger partial charge is 0.433 e. The van der Waals surface area contributed by atoms with Crippen LogP contribution in [-0.2, 0) is 6.18 Å². The second kappa shape index (κ2) is 6.38. The summed E-state index contributed by atoms with van der Waals surface area (Å²) in [6, 6.07) is 11.9. The maximum Gasteiger partial charge on any atom is 0.433 e. The number of aromatic amines is 1. The Labute approximate surface area is 167 Å². The number of pyridine rings is 1. The summed E-state index contributed by atoms with van der Waals surface area (Å²) in [5.74, 6) is -0.0125. The van der Waals surface area contributed by atoms with Crippen molar-refractivity contribution in [1.82, 2.24) is 24.7 Å². The molecule has 0 spiro atoms. The van der Waals surface area contributed by atoms with Gasteiger partial charge < -0.3 is 0 Å². The summed E-state index contributed by atoms with van der Waals surface area (Å²) in [5.41, 5.74) is 1.66. The van der Waals surface area contributed by atoms with Crippen molar-refractivity contribution in [2.75, 3.05) is 0 Å². The summed E-state index contributed by atoms with van der Waals surface area (Å²) in [6.45, 7) is 1.61. The number of rotatable bonds is 2. The molecule has 0 aliphatic carbocycles. The lowest BCUT2D eigenvalue weighted by atomic mass is 10.1. The van der Waals surface area contributed by atoms with Crippen molar-refractivity contribution < 1.29 is 17.6 Å². The smallest absolute Gasteiger partial charge is 0.278 e. The highest BCUT2D eigenvalue weighted by molar-refractivity contribution is 5.84. The summed E-state index contributed by atoms with van der Waals surface area (Å²) in [5, 5.41) is 7.60. The van der Waals surface area contributed by atoms with E-state index < -0.39 is 11.9 Å². The normalized spacial score (nSPS) is 12.2. The van der Waals surface area contributed by atoms with E-state index in [2.05, 4.69) is 20.2 Å². The molecule has 1 N–H and O–H groups in total. The molecule has 0 atom stereocenters. The fraction of sp³-hybridized carbons (Fsp3) is 0.0952. The Morgan fingerprint density at radius 3 is 2.57 bits per heavy atom. The van der Waals surface area contributed by atoms with Crippen LogP contribution in [0.3, 0.4) is 0 Å². The third kappa shape index (κ3) is 2.90. The lowest BCUT2D eigenvalue weighted by Crippen LogP contribution is -2.08. The van der Waals surface area contributed by atoms with E-state index >= 15 is 0 Å². The van der Waals surface area contributed by atoms with Crippen LogP contribution in [0.1, 0.15) is 11.3 Å². The number of benzene rings is 2. The zero-order valence-electron chi connectivity index (χ0n) is 15.5. The predicted molar refractivity (Wildman–Crippen MR) is 104 cm³/mol. The third-order valence-corrected chi connectivity index (χ3v) is 4.89. The number of nitrogens with zero attached hydrogens (tertiary/aromatic N) is 4. The summed E-state index contributed by atoms with van der Waals surface area (Å²) in [4.78, 5) is 8.36. The van der Waals surface area contributed by atoms with Gasteiger partial charge in [0.2, 0.25) is 0 Å². The van der Waals surface area contributed by atoms with Crippen LogP contribution in [0, 0.1) is 12.7 Å². The number of fused-ring (bicyclic) bond motifs is 2. The van der Waals surface area contributed by atoms with Crippen molar-refractivity contribution in [1.29, 1.82) is 0 Å². The van der Waals surface area contributed by atoms with E-state index in [1.165, 1.54) is 12.1 Å². The van der Waals surface area contributed by atoms with Gasteiger partial charge in [-0.2, -0.15) is 18.3 Å². The highest BCUT2D eigenvalue weighted by Gasteiger charge is 2.33. The number of aryl methyl sites for hydroxylation is 1. The zero-order chi connectivity index (χ0) is 21.0. The Morgan fingerprint density at radius 1 is 0.967 bits per heavy atom. The van der Waals surface area contributed by atoms with E-state index in [4.69, 9.17) is 0 Å². The minimum Gasteiger partial charge on any atom is -0.278 e. The molecule has 150 valence electrons. The molecule has 9 heteroatoms. The molecule has 5 nitrogen and oxygen atoms in total. The van der Waals surface area contributed by atoms with Crippen molar-refractivity contribution in [2.45, 2.75) is 13.1 Å². The summed E-state index contributed by atoms with van der Waals surface area (Å²) in [7, 11) is 0. The molecule has 0 saturated heterocycles. The number of imidazole rings is 1. The predicted octanol–water partition coefficient (Wildman–Crippen LogP) is 5.43. The van der Waals surface area contributed by atoms with Gasteiger partial charge in [0, 0.05) is 16.6 Å². The number of hydrogen-bond acceptors (Lipinski definition) is 3. The van der Waals surface area contributed by atoms with Crippen LogP contribution < -0.4 is 0 Å². The van der Waals surface area contributed by atoms with Crippen molar-refractivity contribution in [3.63, 3.8) is 0 Å². The van der Waals surface area contributed by atoms with Gasteiger partial charge in [-0.1, -0.05) is 0 Å². The summed E-state index contributed by atoms with van der Waals surface area (Å²) >= 11 is 0. The van der Waals surface area contributed by atoms with Gasteiger partial charge in [-0.25, -0.2) is 14.4 Å². The number of halogens is 4. The molecule has 5 rings (SSSR count). The topological polar surface area (TPSA) is 59.4 Å². The number of H-pyrrole nitrogens is 1. The molecule has 0 aliphatic heterocycles. The van der Waals surface area contributed by atoms with Crippen molar-refractivity contribution >= 4 is 22.1 Å². The van der Waals surface area contributed by atoms with Gasteiger partial charge >= 0.3 is 6.18 Å². The van der Waals surface area contributed by atoms with Crippen LogP contribution in [0.2, 0.25) is 0 Å². The lowest BCUT2D eigenvalue weighted by molar-refractivity contribution is -0.141.